The molecule has 0 aliphatic carbocycles. The van der Waals surface area contributed by atoms with Crippen LogP contribution < -0.4 is 5.32 Å². The topological polar surface area (TPSA) is 24.9 Å². The van der Waals surface area contributed by atoms with Gasteiger partial charge >= 0.3 is 0 Å². The van der Waals surface area contributed by atoms with Gasteiger partial charge in [-0.05, 0) is 49.2 Å². The molecule has 0 saturated heterocycles. The molecule has 1 aromatic heterocycles. The number of hydrogen-bond donors (Lipinski definition) is 1. The van der Waals surface area contributed by atoms with Crippen molar-refractivity contribution in [2.75, 3.05) is 5.32 Å². The molecule has 0 bridgehead atoms. The number of rotatable bonds is 2. The Bertz CT molecular complexity index is 749. The number of anilines is 2. The van der Waals surface area contributed by atoms with E-state index in [1.807, 2.05) is 13.8 Å². The standard InChI is InChI=1S/C15H13FN2S/c1-9-3-6-14-13(7-9)18-15(19-14)17-12-8-11(16)5-4-10(12)2/h3-8H,1-2H3,(H,17,18). The van der Waals surface area contributed by atoms with E-state index in [1.54, 1.807) is 17.4 Å². The van der Waals surface area contributed by atoms with Crippen LogP contribution in [0.4, 0.5) is 15.2 Å². The molecule has 0 radical (unpaired) electrons. The van der Waals surface area contributed by atoms with Crippen LogP contribution in [0.2, 0.25) is 0 Å². The summed E-state index contributed by atoms with van der Waals surface area (Å²) in [6.45, 7) is 3.99. The summed E-state index contributed by atoms with van der Waals surface area (Å²) in [4.78, 5) is 4.52. The number of aromatic nitrogens is 1. The maximum atomic E-state index is 13.3. The second kappa shape index (κ2) is 4.63. The summed E-state index contributed by atoms with van der Waals surface area (Å²) >= 11 is 1.57. The SMILES string of the molecule is Cc1ccc2sc(Nc3cc(F)ccc3C)nc2c1. The molecule has 19 heavy (non-hydrogen) atoms. The van der Waals surface area contributed by atoms with E-state index in [4.69, 9.17) is 0 Å². The average Bonchev–Trinajstić information content (AvgIpc) is 2.75. The first kappa shape index (κ1) is 12.1. The summed E-state index contributed by atoms with van der Waals surface area (Å²) in [7, 11) is 0. The van der Waals surface area contributed by atoms with E-state index in [0.29, 0.717) is 0 Å². The molecule has 1 heterocycles. The van der Waals surface area contributed by atoms with Gasteiger partial charge in [0.05, 0.1) is 10.2 Å². The lowest BCUT2D eigenvalue weighted by atomic mass is 10.2. The molecule has 2 nitrogen and oxygen atoms in total. The Balaban J connectivity index is 1.98. The predicted molar refractivity (Wildman–Crippen MR) is 78.8 cm³/mol. The van der Waals surface area contributed by atoms with E-state index in [0.717, 1.165) is 26.6 Å². The van der Waals surface area contributed by atoms with E-state index >= 15 is 0 Å². The van der Waals surface area contributed by atoms with Gasteiger partial charge in [-0.2, -0.15) is 0 Å². The predicted octanol–water partition coefficient (Wildman–Crippen LogP) is 4.80. The summed E-state index contributed by atoms with van der Waals surface area (Å²) in [6.07, 6.45) is 0. The highest BCUT2D eigenvalue weighted by molar-refractivity contribution is 7.22. The number of thiazole rings is 1. The Kier molecular flexibility index (Phi) is 2.95. The molecule has 0 spiro atoms. The van der Waals surface area contributed by atoms with E-state index in [-0.39, 0.29) is 5.82 Å². The van der Waals surface area contributed by atoms with Gasteiger partial charge in [0.25, 0.3) is 0 Å². The van der Waals surface area contributed by atoms with Gasteiger partial charge < -0.3 is 5.32 Å². The van der Waals surface area contributed by atoms with Crippen molar-refractivity contribution >= 4 is 32.4 Å². The minimum atomic E-state index is -0.245. The van der Waals surface area contributed by atoms with Gasteiger partial charge in [-0.25, -0.2) is 9.37 Å². The monoisotopic (exact) mass is 272 g/mol. The van der Waals surface area contributed by atoms with Crippen LogP contribution in [-0.4, -0.2) is 4.98 Å². The zero-order chi connectivity index (χ0) is 13.4. The minimum Gasteiger partial charge on any atom is -0.331 e. The Hall–Kier alpha value is -1.94. The lowest BCUT2D eigenvalue weighted by Gasteiger charge is -2.05. The number of aryl methyl sites for hydroxylation is 2. The lowest BCUT2D eigenvalue weighted by Crippen LogP contribution is -1.93. The van der Waals surface area contributed by atoms with Crippen LogP contribution in [0.1, 0.15) is 11.1 Å². The second-order valence-corrected chi connectivity index (χ2v) is 5.61. The summed E-state index contributed by atoms with van der Waals surface area (Å²) in [5.74, 6) is -0.245. The maximum absolute atomic E-state index is 13.3. The Labute approximate surface area is 114 Å². The molecule has 96 valence electrons. The fourth-order valence-electron chi connectivity index (χ4n) is 1.94. The quantitative estimate of drug-likeness (QED) is 0.725. The van der Waals surface area contributed by atoms with Crippen LogP contribution in [0.5, 0.6) is 0 Å². The van der Waals surface area contributed by atoms with E-state index in [2.05, 4.69) is 28.5 Å². The molecular formula is C15H13FN2S. The summed E-state index contributed by atoms with van der Waals surface area (Å²) in [5.41, 5.74) is 3.92. The van der Waals surface area contributed by atoms with Crippen molar-refractivity contribution < 1.29 is 4.39 Å². The van der Waals surface area contributed by atoms with Crippen molar-refractivity contribution in [3.63, 3.8) is 0 Å². The smallest absolute Gasteiger partial charge is 0.188 e. The van der Waals surface area contributed by atoms with Gasteiger partial charge in [0.1, 0.15) is 5.82 Å². The van der Waals surface area contributed by atoms with Gasteiger partial charge in [-0.15, -0.1) is 0 Å². The maximum Gasteiger partial charge on any atom is 0.188 e. The minimum absolute atomic E-state index is 0.245. The molecule has 0 amide bonds. The third-order valence-electron chi connectivity index (χ3n) is 2.98. The third kappa shape index (κ3) is 2.44. The molecule has 0 fully saturated rings. The average molecular weight is 272 g/mol. The van der Waals surface area contributed by atoms with E-state index < -0.39 is 0 Å². The van der Waals surface area contributed by atoms with Gasteiger partial charge in [-0.1, -0.05) is 23.5 Å². The van der Waals surface area contributed by atoms with Crippen molar-refractivity contribution in [3.8, 4) is 0 Å². The highest BCUT2D eigenvalue weighted by atomic mass is 32.1. The first-order valence-corrected chi connectivity index (χ1v) is 6.84. The van der Waals surface area contributed by atoms with Crippen LogP contribution >= 0.6 is 11.3 Å². The number of fused-ring (bicyclic) bond motifs is 1. The molecule has 3 aromatic rings. The van der Waals surface area contributed by atoms with Crippen molar-refractivity contribution in [1.29, 1.82) is 0 Å². The first-order valence-electron chi connectivity index (χ1n) is 6.02. The molecule has 0 aliphatic heterocycles. The zero-order valence-electron chi connectivity index (χ0n) is 10.7. The molecule has 4 heteroatoms. The van der Waals surface area contributed by atoms with Crippen LogP contribution in [-0.2, 0) is 0 Å². The largest absolute Gasteiger partial charge is 0.331 e. The van der Waals surface area contributed by atoms with Crippen molar-refractivity contribution in [3.05, 3.63) is 53.3 Å². The third-order valence-corrected chi connectivity index (χ3v) is 3.94. The molecule has 0 aliphatic rings. The molecule has 0 saturated carbocycles. The Morgan fingerprint density at radius 1 is 1.11 bits per heavy atom. The Morgan fingerprint density at radius 2 is 1.95 bits per heavy atom. The molecule has 1 N–H and O–H groups in total. The molecule has 0 atom stereocenters. The number of benzene rings is 2. The number of nitrogens with one attached hydrogen (secondary N) is 1. The Morgan fingerprint density at radius 3 is 2.79 bits per heavy atom. The lowest BCUT2D eigenvalue weighted by molar-refractivity contribution is 0.628. The van der Waals surface area contributed by atoms with E-state index in [9.17, 15) is 4.39 Å². The summed E-state index contributed by atoms with van der Waals surface area (Å²) in [5, 5.41) is 3.98. The molecule has 3 rings (SSSR count). The summed E-state index contributed by atoms with van der Waals surface area (Å²) < 4.78 is 14.4. The fraction of sp³-hybridized carbons (Fsp3) is 0.133. The van der Waals surface area contributed by atoms with E-state index in [1.165, 1.54) is 17.7 Å². The number of nitrogens with zero attached hydrogens (tertiary/aromatic N) is 1. The van der Waals surface area contributed by atoms with Gasteiger partial charge in [0, 0.05) is 5.69 Å². The summed E-state index contributed by atoms with van der Waals surface area (Å²) in [6, 6.07) is 10.9. The second-order valence-electron chi connectivity index (χ2n) is 4.57. The molecular weight excluding hydrogens is 259 g/mol. The van der Waals surface area contributed by atoms with Gasteiger partial charge in [0.2, 0.25) is 0 Å². The van der Waals surface area contributed by atoms with Crippen LogP contribution in [0, 0.1) is 19.7 Å². The zero-order valence-corrected chi connectivity index (χ0v) is 11.5. The first-order chi connectivity index (χ1) is 9.11. The van der Waals surface area contributed by atoms with Crippen molar-refractivity contribution in [2.45, 2.75) is 13.8 Å². The van der Waals surface area contributed by atoms with Crippen LogP contribution in [0.3, 0.4) is 0 Å². The van der Waals surface area contributed by atoms with Crippen molar-refractivity contribution in [2.24, 2.45) is 0 Å². The van der Waals surface area contributed by atoms with Crippen molar-refractivity contribution in [1.82, 2.24) is 4.98 Å². The van der Waals surface area contributed by atoms with Gasteiger partial charge in [0.15, 0.2) is 5.13 Å². The highest BCUT2D eigenvalue weighted by Gasteiger charge is 2.06. The van der Waals surface area contributed by atoms with Crippen LogP contribution in [0.25, 0.3) is 10.2 Å². The van der Waals surface area contributed by atoms with Gasteiger partial charge in [-0.3, -0.25) is 0 Å². The number of hydrogen-bond acceptors (Lipinski definition) is 3. The molecule has 0 unspecified atom stereocenters. The normalized spacial score (nSPS) is 10.9. The number of halogens is 1. The van der Waals surface area contributed by atoms with Crippen LogP contribution in [0.15, 0.2) is 36.4 Å². The highest BCUT2D eigenvalue weighted by Crippen LogP contribution is 2.30. The fourth-order valence-corrected chi connectivity index (χ4v) is 2.79. The molecule has 2 aromatic carbocycles.